The molecule has 2 rings (SSSR count). The molecule has 5 heteroatoms. The standard InChI is InChI=1S/C12H15FN2O2/c13-11-5-4-9(8-14-11)15-12(16)7-10-3-1-2-6-17-10/h4-5,8,10H,1-3,6-7H2,(H,15,16). The molecule has 2 heterocycles. The van der Waals surface area contributed by atoms with E-state index in [1.54, 1.807) is 0 Å². The van der Waals surface area contributed by atoms with E-state index in [1.807, 2.05) is 0 Å². The molecule has 1 aromatic rings. The Morgan fingerprint density at radius 3 is 3.06 bits per heavy atom. The monoisotopic (exact) mass is 238 g/mol. The first-order chi connectivity index (χ1) is 8.24. The smallest absolute Gasteiger partial charge is 0.227 e. The second-order valence-electron chi connectivity index (χ2n) is 4.11. The van der Waals surface area contributed by atoms with Crippen molar-refractivity contribution in [3.63, 3.8) is 0 Å². The van der Waals surface area contributed by atoms with E-state index in [2.05, 4.69) is 10.3 Å². The minimum atomic E-state index is -0.557. The SMILES string of the molecule is O=C(CC1CCCCO1)Nc1ccc(F)nc1. The van der Waals surface area contributed by atoms with E-state index in [9.17, 15) is 9.18 Å². The van der Waals surface area contributed by atoms with E-state index in [0.717, 1.165) is 25.9 Å². The van der Waals surface area contributed by atoms with Crippen LogP contribution in [0.15, 0.2) is 18.3 Å². The van der Waals surface area contributed by atoms with Crippen LogP contribution in [0, 0.1) is 5.95 Å². The summed E-state index contributed by atoms with van der Waals surface area (Å²) in [5.74, 6) is -0.677. The third-order valence-corrected chi connectivity index (χ3v) is 2.70. The molecule has 1 unspecified atom stereocenters. The number of amides is 1. The number of hydrogen-bond donors (Lipinski definition) is 1. The van der Waals surface area contributed by atoms with Crippen LogP contribution in [0.1, 0.15) is 25.7 Å². The van der Waals surface area contributed by atoms with Crippen molar-refractivity contribution < 1.29 is 13.9 Å². The normalized spacial score (nSPS) is 19.9. The summed E-state index contributed by atoms with van der Waals surface area (Å²) in [5, 5.41) is 2.67. The lowest BCUT2D eigenvalue weighted by Crippen LogP contribution is -2.25. The van der Waals surface area contributed by atoms with Gasteiger partial charge in [0.15, 0.2) is 0 Å². The second-order valence-corrected chi connectivity index (χ2v) is 4.11. The summed E-state index contributed by atoms with van der Waals surface area (Å²) >= 11 is 0. The zero-order chi connectivity index (χ0) is 12.1. The maximum Gasteiger partial charge on any atom is 0.227 e. The third kappa shape index (κ3) is 3.78. The topological polar surface area (TPSA) is 51.2 Å². The zero-order valence-corrected chi connectivity index (χ0v) is 9.49. The number of ether oxygens (including phenoxy) is 1. The molecule has 17 heavy (non-hydrogen) atoms. The first-order valence-electron chi connectivity index (χ1n) is 5.77. The Morgan fingerprint density at radius 1 is 1.53 bits per heavy atom. The lowest BCUT2D eigenvalue weighted by molar-refractivity contribution is -0.119. The number of halogens is 1. The molecule has 1 amide bonds. The summed E-state index contributed by atoms with van der Waals surface area (Å²) in [6, 6.07) is 2.70. The second kappa shape index (κ2) is 5.72. The van der Waals surface area contributed by atoms with Gasteiger partial charge in [0.1, 0.15) is 0 Å². The minimum Gasteiger partial charge on any atom is -0.378 e. The molecule has 1 N–H and O–H groups in total. The van der Waals surface area contributed by atoms with Gasteiger partial charge in [-0.15, -0.1) is 0 Å². The number of rotatable bonds is 3. The van der Waals surface area contributed by atoms with Gasteiger partial charge in [-0.2, -0.15) is 4.39 Å². The average molecular weight is 238 g/mol. The van der Waals surface area contributed by atoms with Crippen molar-refractivity contribution in [2.24, 2.45) is 0 Å². The molecule has 1 aromatic heterocycles. The Kier molecular flexibility index (Phi) is 4.03. The van der Waals surface area contributed by atoms with Crippen molar-refractivity contribution in [1.29, 1.82) is 0 Å². The van der Waals surface area contributed by atoms with Crippen molar-refractivity contribution >= 4 is 11.6 Å². The number of hydrogen-bond acceptors (Lipinski definition) is 3. The average Bonchev–Trinajstić information content (AvgIpc) is 2.33. The van der Waals surface area contributed by atoms with Crippen molar-refractivity contribution in [2.45, 2.75) is 31.8 Å². The zero-order valence-electron chi connectivity index (χ0n) is 9.49. The van der Waals surface area contributed by atoms with Crippen molar-refractivity contribution in [1.82, 2.24) is 4.98 Å². The number of carbonyl (C=O) groups is 1. The molecule has 1 atom stereocenters. The summed E-state index contributed by atoms with van der Waals surface area (Å²) in [7, 11) is 0. The van der Waals surface area contributed by atoms with Crippen LogP contribution in [-0.4, -0.2) is 23.6 Å². The number of nitrogens with zero attached hydrogens (tertiary/aromatic N) is 1. The predicted octanol–water partition coefficient (Wildman–Crippen LogP) is 2.12. The molecule has 0 spiro atoms. The van der Waals surface area contributed by atoms with Crippen LogP contribution in [0.25, 0.3) is 0 Å². The van der Waals surface area contributed by atoms with Gasteiger partial charge in [-0.05, 0) is 31.4 Å². The summed E-state index contributed by atoms with van der Waals surface area (Å²) in [5.41, 5.74) is 0.507. The molecule has 4 nitrogen and oxygen atoms in total. The molecule has 0 aromatic carbocycles. The maximum atomic E-state index is 12.6. The summed E-state index contributed by atoms with van der Waals surface area (Å²) in [6.07, 6.45) is 4.76. The molecular weight excluding hydrogens is 223 g/mol. The summed E-state index contributed by atoms with van der Waals surface area (Å²) < 4.78 is 18.0. The molecule has 0 radical (unpaired) electrons. The fourth-order valence-electron chi connectivity index (χ4n) is 1.84. The number of pyridine rings is 1. The molecule has 92 valence electrons. The van der Waals surface area contributed by atoms with E-state index in [1.165, 1.54) is 18.3 Å². The molecule has 0 saturated carbocycles. The fourth-order valence-corrected chi connectivity index (χ4v) is 1.84. The highest BCUT2D eigenvalue weighted by molar-refractivity contribution is 5.90. The van der Waals surface area contributed by atoms with Crippen LogP contribution in [0.3, 0.4) is 0 Å². The maximum absolute atomic E-state index is 12.6. The van der Waals surface area contributed by atoms with Crippen LogP contribution in [-0.2, 0) is 9.53 Å². The summed E-state index contributed by atoms with van der Waals surface area (Å²) in [4.78, 5) is 15.1. The van der Waals surface area contributed by atoms with E-state index in [4.69, 9.17) is 4.74 Å². The Bertz CT molecular complexity index is 375. The largest absolute Gasteiger partial charge is 0.378 e. The first kappa shape index (κ1) is 12.0. The van der Waals surface area contributed by atoms with Gasteiger partial charge in [0, 0.05) is 6.61 Å². The predicted molar refractivity (Wildman–Crippen MR) is 61.0 cm³/mol. The molecule has 1 fully saturated rings. The summed E-state index contributed by atoms with van der Waals surface area (Å²) in [6.45, 7) is 0.732. The lowest BCUT2D eigenvalue weighted by Gasteiger charge is -2.21. The highest BCUT2D eigenvalue weighted by Gasteiger charge is 2.17. The number of nitrogens with one attached hydrogen (secondary N) is 1. The number of carbonyl (C=O) groups excluding carboxylic acids is 1. The van der Waals surface area contributed by atoms with E-state index in [0.29, 0.717) is 12.1 Å². The Hall–Kier alpha value is -1.49. The third-order valence-electron chi connectivity index (χ3n) is 2.70. The van der Waals surface area contributed by atoms with Crippen molar-refractivity contribution in [3.8, 4) is 0 Å². The number of aromatic nitrogens is 1. The van der Waals surface area contributed by atoms with E-state index >= 15 is 0 Å². The van der Waals surface area contributed by atoms with Gasteiger partial charge in [-0.1, -0.05) is 0 Å². The van der Waals surface area contributed by atoms with E-state index in [-0.39, 0.29) is 12.0 Å². The molecular formula is C12H15FN2O2. The lowest BCUT2D eigenvalue weighted by atomic mass is 10.1. The Labute approximate surface area is 99.2 Å². The van der Waals surface area contributed by atoms with Gasteiger partial charge in [0.25, 0.3) is 0 Å². The Morgan fingerprint density at radius 2 is 2.41 bits per heavy atom. The molecule has 1 saturated heterocycles. The van der Waals surface area contributed by atoms with Gasteiger partial charge in [0.05, 0.1) is 24.4 Å². The fraction of sp³-hybridized carbons (Fsp3) is 0.500. The number of anilines is 1. The molecule has 0 aliphatic carbocycles. The van der Waals surface area contributed by atoms with Crippen LogP contribution in [0.2, 0.25) is 0 Å². The molecule has 1 aliphatic rings. The highest BCUT2D eigenvalue weighted by Crippen LogP contribution is 2.16. The van der Waals surface area contributed by atoms with Gasteiger partial charge in [0.2, 0.25) is 11.9 Å². The van der Waals surface area contributed by atoms with Gasteiger partial charge < -0.3 is 10.1 Å². The first-order valence-corrected chi connectivity index (χ1v) is 5.77. The Balaban J connectivity index is 1.82. The quantitative estimate of drug-likeness (QED) is 0.820. The van der Waals surface area contributed by atoms with Gasteiger partial charge in [-0.25, -0.2) is 4.98 Å². The highest BCUT2D eigenvalue weighted by atomic mass is 19.1. The van der Waals surface area contributed by atoms with Crippen molar-refractivity contribution in [3.05, 3.63) is 24.3 Å². The minimum absolute atomic E-state index is 0.0113. The van der Waals surface area contributed by atoms with Crippen molar-refractivity contribution in [2.75, 3.05) is 11.9 Å². The van der Waals surface area contributed by atoms with Crippen LogP contribution < -0.4 is 5.32 Å². The van der Waals surface area contributed by atoms with Crippen LogP contribution >= 0.6 is 0 Å². The van der Waals surface area contributed by atoms with E-state index < -0.39 is 5.95 Å². The molecule has 1 aliphatic heterocycles. The van der Waals surface area contributed by atoms with Gasteiger partial charge >= 0.3 is 0 Å². The van der Waals surface area contributed by atoms with Crippen LogP contribution in [0.4, 0.5) is 10.1 Å². The molecule has 0 bridgehead atoms. The van der Waals surface area contributed by atoms with Crippen LogP contribution in [0.5, 0.6) is 0 Å². The van der Waals surface area contributed by atoms with Gasteiger partial charge in [-0.3, -0.25) is 4.79 Å².